The van der Waals surface area contributed by atoms with Crippen LogP contribution in [0, 0.1) is 11.6 Å². The average Bonchev–Trinajstić information content (AvgIpc) is 2.36. The molecule has 0 bridgehead atoms. The number of aromatic nitrogens is 1. The van der Waals surface area contributed by atoms with Gasteiger partial charge >= 0.3 is 5.97 Å². The lowest BCUT2D eigenvalue weighted by molar-refractivity contribution is -0.0217. The van der Waals surface area contributed by atoms with Crippen LogP contribution < -0.4 is 5.43 Å². The number of carbonyl (C=O) groups is 1. The third-order valence-corrected chi connectivity index (χ3v) is 3.74. The van der Waals surface area contributed by atoms with Crippen LogP contribution in [-0.2, 0) is 4.74 Å². The van der Waals surface area contributed by atoms with Gasteiger partial charge < -0.3 is 14.4 Å². The maximum Gasteiger partial charge on any atom is 0.341 e. The third-order valence-electron chi connectivity index (χ3n) is 3.40. The molecule has 0 amide bonds. The van der Waals surface area contributed by atoms with Gasteiger partial charge in [0.05, 0.1) is 30.2 Å². The average molecular weight is 316 g/mol. The van der Waals surface area contributed by atoms with E-state index in [1.54, 1.807) is 0 Å². The normalized spacial score (nSPS) is 15.2. The molecule has 1 aliphatic heterocycles. The Balaban J connectivity index is 2.48. The van der Waals surface area contributed by atoms with Crippen molar-refractivity contribution in [2.45, 2.75) is 6.04 Å². The van der Waals surface area contributed by atoms with Gasteiger partial charge in [0.2, 0.25) is 5.43 Å². The van der Waals surface area contributed by atoms with E-state index in [1.807, 2.05) is 0 Å². The van der Waals surface area contributed by atoms with Gasteiger partial charge in [-0.1, -0.05) is 11.6 Å². The summed E-state index contributed by atoms with van der Waals surface area (Å²) in [5.74, 6) is -4.03. The van der Waals surface area contributed by atoms with E-state index in [0.717, 1.165) is 6.20 Å². The zero-order valence-corrected chi connectivity index (χ0v) is 11.2. The van der Waals surface area contributed by atoms with Gasteiger partial charge in [-0.25, -0.2) is 13.6 Å². The number of hydrogen-bond donors (Lipinski definition) is 1. The SMILES string of the molecule is O=C(O)c1cn(C2COC2)c2c(Cl)c(F)c(F)cc2c1=O. The lowest BCUT2D eigenvalue weighted by Crippen LogP contribution is -2.33. The molecule has 2 aromatic rings. The Labute approximate surface area is 121 Å². The molecule has 0 aliphatic carbocycles. The maximum atomic E-state index is 13.6. The number of carboxylic acid groups (broad SMARTS) is 1. The summed E-state index contributed by atoms with van der Waals surface area (Å²) in [5, 5.41) is 8.25. The van der Waals surface area contributed by atoms with Gasteiger partial charge in [-0.3, -0.25) is 4.79 Å². The van der Waals surface area contributed by atoms with E-state index in [0.29, 0.717) is 6.07 Å². The van der Waals surface area contributed by atoms with Crippen molar-refractivity contribution in [2.75, 3.05) is 13.2 Å². The van der Waals surface area contributed by atoms with Crippen LogP contribution in [0.15, 0.2) is 17.1 Å². The molecule has 110 valence electrons. The number of ether oxygens (including phenoxy) is 1. The van der Waals surface area contributed by atoms with E-state index in [1.165, 1.54) is 4.57 Å². The molecule has 1 aromatic heterocycles. The molecule has 1 aliphatic rings. The highest BCUT2D eigenvalue weighted by Crippen LogP contribution is 2.31. The van der Waals surface area contributed by atoms with Gasteiger partial charge in [0.15, 0.2) is 11.6 Å². The lowest BCUT2D eigenvalue weighted by Gasteiger charge is -2.30. The predicted octanol–water partition coefficient (Wildman–Crippen LogP) is 2.20. The van der Waals surface area contributed by atoms with Crippen molar-refractivity contribution in [3.8, 4) is 0 Å². The van der Waals surface area contributed by atoms with Crippen molar-refractivity contribution in [1.82, 2.24) is 4.57 Å². The first-order chi connectivity index (χ1) is 9.91. The Morgan fingerprint density at radius 2 is 2.10 bits per heavy atom. The number of benzene rings is 1. The van der Waals surface area contributed by atoms with E-state index in [2.05, 4.69) is 0 Å². The fourth-order valence-corrected chi connectivity index (χ4v) is 2.53. The maximum absolute atomic E-state index is 13.6. The molecule has 0 saturated carbocycles. The first-order valence-electron chi connectivity index (χ1n) is 5.95. The summed E-state index contributed by atoms with van der Waals surface area (Å²) in [6.07, 6.45) is 1.09. The number of hydrogen-bond acceptors (Lipinski definition) is 3. The molecule has 2 heterocycles. The van der Waals surface area contributed by atoms with E-state index in [-0.39, 0.29) is 30.2 Å². The number of rotatable bonds is 2. The highest BCUT2D eigenvalue weighted by molar-refractivity contribution is 6.35. The van der Waals surface area contributed by atoms with Gasteiger partial charge in [-0.05, 0) is 6.07 Å². The summed E-state index contributed by atoms with van der Waals surface area (Å²) in [5.41, 5.74) is -1.47. The first-order valence-corrected chi connectivity index (χ1v) is 6.33. The molecule has 21 heavy (non-hydrogen) atoms. The molecule has 0 radical (unpaired) electrons. The van der Waals surface area contributed by atoms with Gasteiger partial charge in [0, 0.05) is 6.20 Å². The molecule has 1 aromatic carbocycles. The van der Waals surface area contributed by atoms with Crippen LogP contribution in [0.2, 0.25) is 5.02 Å². The van der Waals surface area contributed by atoms with Gasteiger partial charge in [-0.2, -0.15) is 0 Å². The fourth-order valence-electron chi connectivity index (χ4n) is 2.24. The highest BCUT2D eigenvalue weighted by atomic mass is 35.5. The Bertz CT molecular complexity index is 829. The van der Waals surface area contributed by atoms with Crippen molar-refractivity contribution < 1.29 is 23.4 Å². The van der Waals surface area contributed by atoms with Crippen molar-refractivity contribution in [3.63, 3.8) is 0 Å². The number of fused-ring (bicyclic) bond motifs is 1. The van der Waals surface area contributed by atoms with E-state index < -0.39 is 33.6 Å². The van der Waals surface area contributed by atoms with Crippen LogP contribution in [0.25, 0.3) is 10.9 Å². The minimum atomic E-state index is -1.45. The van der Waals surface area contributed by atoms with Gasteiger partial charge in [0.1, 0.15) is 10.6 Å². The van der Waals surface area contributed by atoms with Crippen LogP contribution in [0.4, 0.5) is 8.78 Å². The van der Waals surface area contributed by atoms with Crippen LogP contribution in [0.5, 0.6) is 0 Å². The van der Waals surface area contributed by atoms with Crippen LogP contribution in [0.1, 0.15) is 16.4 Å². The molecular formula is C13H8ClF2NO4. The zero-order chi connectivity index (χ0) is 15.3. The summed E-state index contributed by atoms with van der Waals surface area (Å²) in [7, 11) is 0. The van der Waals surface area contributed by atoms with Gasteiger partial charge in [0.25, 0.3) is 0 Å². The Kier molecular flexibility index (Phi) is 3.18. The second-order valence-electron chi connectivity index (χ2n) is 4.66. The Hall–Kier alpha value is -1.99. The van der Waals surface area contributed by atoms with E-state index in [4.69, 9.17) is 21.4 Å². The molecule has 1 N–H and O–H groups in total. The van der Waals surface area contributed by atoms with Crippen LogP contribution >= 0.6 is 11.6 Å². The third kappa shape index (κ3) is 2.00. The smallest absolute Gasteiger partial charge is 0.341 e. The largest absolute Gasteiger partial charge is 0.477 e. The van der Waals surface area contributed by atoms with Crippen LogP contribution in [0.3, 0.4) is 0 Å². The monoisotopic (exact) mass is 315 g/mol. The van der Waals surface area contributed by atoms with E-state index >= 15 is 0 Å². The lowest BCUT2D eigenvalue weighted by atomic mass is 10.1. The summed E-state index contributed by atoms with van der Waals surface area (Å²) >= 11 is 5.80. The molecule has 1 saturated heterocycles. The number of aromatic carboxylic acids is 1. The molecule has 5 nitrogen and oxygen atoms in total. The number of nitrogens with zero attached hydrogens (tertiary/aromatic N) is 1. The summed E-state index contributed by atoms with van der Waals surface area (Å²) < 4.78 is 33.5. The number of halogens is 3. The minimum Gasteiger partial charge on any atom is -0.477 e. The van der Waals surface area contributed by atoms with Crippen LogP contribution in [-0.4, -0.2) is 28.9 Å². The van der Waals surface area contributed by atoms with E-state index in [9.17, 15) is 18.4 Å². The second kappa shape index (κ2) is 4.78. The first kappa shape index (κ1) is 14.0. The summed E-state index contributed by atoms with van der Waals surface area (Å²) in [6.45, 7) is 0.540. The molecule has 3 rings (SSSR count). The molecule has 0 atom stereocenters. The molecule has 8 heteroatoms. The predicted molar refractivity (Wildman–Crippen MR) is 69.9 cm³/mol. The Morgan fingerprint density at radius 1 is 1.43 bits per heavy atom. The van der Waals surface area contributed by atoms with Crippen molar-refractivity contribution in [2.24, 2.45) is 0 Å². The van der Waals surface area contributed by atoms with Gasteiger partial charge in [-0.15, -0.1) is 0 Å². The zero-order valence-electron chi connectivity index (χ0n) is 10.4. The second-order valence-corrected chi connectivity index (χ2v) is 5.04. The molecule has 0 spiro atoms. The molecule has 1 fully saturated rings. The fraction of sp³-hybridized carbons (Fsp3) is 0.231. The quantitative estimate of drug-likeness (QED) is 0.863. The molecular weight excluding hydrogens is 308 g/mol. The summed E-state index contributed by atoms with van der Waals surface area (Å²) in [4.78, 5) is 23.2. The highest BCUT2D eigenvalue weighted by Gasteiger charge is 2.27. The number of carboxylic acids is 1. The Morgan fingerprint density at radius 3 is 2.62 bits per heavy atom. The standard InChI is InChI=1S/C13H8ClF2NO4/c14-9-10(16)8(15)1-6-11(9)17(5-3-21-4-5)2-7(12(6)18)13(19)20/h1-2,5H,3-4H2,(H,19,20). The van der Waals surface area contributed by atoms with Crippen molar-refractivity contribution in [1.29, 1.82) is 0 Å². The summed E-state index contributed by atoms with van der Waals surface area (Å²) in [6, 6.07) is 0.384. The minimum absolute atomic E-state index is 0.0288. The molecule has 0 unspecified atom stereocenters. The number of pyridine rings is 1. The topological polar surface area (TPSA) is 68.5 Å². The van der Waals surface area contributed by atoms with Crippen molar-refractivity contribution in [3.05, 3.63) is 44.7 Å². The van der Waals surface area contributed by atoms with Crippen molar-refractivity contribution >= 4 is 28.5 Å².